The first-order valence-corrected chi connectivity index (χ1v) is 16.2. The third-order valence-corrected chi connectivity index (χ3v) is 9.13. The third-order valence-electron chi connectivity index (χ3n) is 9.13. The Morgan fingerprint density at radius 3 is 2.33 bits per heavy atom. The normalized spacial score (nSPS) is 17.8. The van der Waals surface area contributed by atoms with Crippen LogP contribution in [0.2, 0.25) is 0 Å². The van der Waals surface area contributed by atoms with Crippen LogP contribution in [0.4, 0.5) is 5.69 Å². The van der Waals surface area contributed by atoms with Crippen molar-refractivity contribution in [3.63, 3.8) is 0 Å². The molecule has 1 fully saturated rings. The van der Waals surface area contributed by atoms with Crippen molar-refractivity contribution in [2.24, 2.45) is 5.73 Å². The summed E-state index contributed by atoms with van der Waals surface area (Å²) in [6, 6.07) is 15.7. The lowest BCUT2D eigenvalue weighted by atomic mass is 9.72. The number of esters is 2. The Morgan fingerprint density at radius 2 is 1.77 bits per heavy atom. The van der Waals surface area contributed by atoms with Gasteiger partial charge in [0.15, 0.2) is 0 Å². The second-order valence-corrected chi connectivity index (χ2v) is 11.8. The smallest absolute Gasteiger partial charge is 0.336 e. The van der Waals surface area contributed by atoms with E-state index in [-0.39, 0.29) is 24.9 Å². The molecule has 2 aliphatic rings. The summed E-state index contributed by atoms with van der Waals surface area (Å²) in [5.41, 5.74) is 8.42. The van der Waals surface area contributed by atoms with Crippen LogP contribution in [0.5, 0.6) is 0 Å². The van der Waals surface area contributed by atoms with E-state index in [9.17, 15) is 24.5 Å². The van der Waals surface area contributed by atoms with E-state index in [4.69, 9.17) is 19.9 Å². The molecule has 2 aromatic carbocycles. The maximum atomic E-state index is 13.3. The quantitative estimate of drug-likeness (QED) is 0.0889. The number of piperidine rings is 1. The number of nitrogens with zero attached hydrogens (tertiary/aromatic N) is 3. The number of hydrogen-bond acceptors (Lipinski definition) is 11. The molecule has 48 heavy (non-hydrogen) atoms. The van der Waals surface area contributed by atoms with Crippen LogP contribution in [-0.2, 0) is 34.0 Å². The van der Waals surface area contributed by atoms with Gasteiger partial charge in [0.2, 0.25) is 6.41 Å². The van der Waals surface area contributed by atoms with Gasteiger partial charge in [-0.3, -0.25) is 19.7 Å². The van der Waals surface area contributed by atoms with E-state index in [0.29, 0.717) is 86.6 Å². The monoisotopic (exact) mass is 663 g/mol. The Balaban J connectivity index is 1.60. The van der Waals surface area contributed by atoms with Crippen LogP contribution in [0.3, 0.4) is 0 Å². The molecule has 2 aliphatic heterocycles. The van der Waals surface area contributed by atoms with Crippen molar-refractivity contribution in [1.29, 1.82) is 0 Å². The Morgan fingerprint density at radius 1 is 1.08 bits per heavy atom. The molecule has 1 saturated heterocycles. The Bertz CT molecular complexity index is 1500. The number of non-ortho nitro benzene ring substituents is 1. The van der Waals surface area contributed by atoms with Gasteiger partial charge in [-0.2, -0.15) is 0 Å². The minimum atomic E-state index is -0.766. The van der Waals surface area contributed by atoms with Crippen LogP contribution in [0.25, 0.3) is 0 Å². The Kier molecular flexibility index (Phi) is 12.8. The van der Waals surface area contributed by atoms with E-state index in [2.05, 4.69) is 10.2 Å². The summed E-state index contributed by atoms with van der Waals surface area (Å²) in [4.78, 5) is 53.9. The number of rotatable bonds is 16. The largest absolute Gasteiger partial charge is 0.468 e. The lowest BCUT2D eigenvalue weighted by molar-refractivity contribution is -0.384. The lowest BCUT2D eigenvalue weighted by Crippen LogP contribution is -2.48. The molecule has 13 nitrogen and oxygen atoms in total. The third kappa shape index (κ3) is 7.92. The fraction of sp³-hybridized carbons (Fsp3) is 0.457. The molecule has 258 valence electrons. The number of methoxy groups -OCH3 is 2. The first-order valence-electron chi connectivity index (χ1n) is 16.2. The Labute approximate surface area is 280 Å². The molecule has 2 aromatic rings. The van der Waals surface area contributed by atoms with Crippen LogP contribution in [0, 0.1) is 10.1 Å². The van der Waals surface area contributed by atoms with Crippen LogP contribution in [-0.4, -0.2) is 93.2 Å². The molecule has 13 heteroatoms. The number of likely N-dealkylation sites (tertiary alicyclic amines) is 1. The molecule has 4 rings (SSSR count). The predicted molar refractivity (Wildman–Crippen MR) is 178 cm³/mol. The molecule has 2 heterocycles. The second-order valence-electron chi connectivity index (χ2n) is 11.8. The molecule has 0 radical (unpaired) electrons. The van der Waals surface area contributed by atoms with Gasteiger partial charge >= 0.3 is 11.9 Å². The molecule has 1 unspecified atom stereocenters. The Hall–Kier alpha value is -4.59. The van der Waals surface area contributed by atoms with Crippen molar-refractivity contribution < 1.29 is 33.5 Å². The summed E-state index contributed by atoms with van der Waals surface area (Å²) in [5, 5.41) is 14.8. The zero-order valence-electron chi connectivity index (χ0n) is 27.8. The molecule has 0 aromatic heterocycles. The molecular weight excluding hydrogens is 618 g/mol. The van der Waals surface area contributed by atoms with E-state index in [1.165, 1.54) is 26.4 Å². The highest BCUT2D eigenvalue weighted by molar-refractivity contribution is 5.93. The number of nitro groups is 1. The van der Waals surface area contributed by atoms with Gasteiger partial charge in [-0.05, 0) is 56.4 Å². The van der Waals surface area contributed by atoms with Gasteiger partial charge in [0, 0.05) is 30.9 Å². The highest BCUT2D eigenvalue weighted by Crippen LogP contribution is 2.41. The van der Waals surface area contributed by atoms with Crippen LogP contribution < -0.4 is 11.1 Å². The number of allylic oxidation sites excluding steroid dienone is 2. The van der Waals surface area contributed by atoms with Gasteiger partial charge in [-0.1, -0.05) is 49.4 Å². The average molecular weight is 664 g/mol. The van der Waals surface area contributed by atoms with Gasteiger partial charge in [0.25, 0.3) is 5.69 Å². The molecule has 0 spiro atoms. The van der Waals surface area contributed by atoms with Crippen molar-refractivity contribution in [2.75, 3.05) is 60.2 Å². The molecule has 3 N–H and O–H groups in total. The molecular formula is C35H45N5O8. The summed E-state index contributed by atoms with van der Waals surface area (Å²) < 4.78 is 16.3. The summed E-state index contributed by atoms with van der Waals surface area (Å²) in [6.45, 7) is 4.90. The number of ether oxygens (including phenoxy) is 3. The summed E-state index contributed by atoms with van der Waals surface area (Å²) in [5.74, 6) is -1.58. The first kappa shape index (κ1) is 36.2. The van der Waals surface area contributed by atoms with E-state index >= 15 is 0 Å². The maximum absolute atomic E-state index is 13.3. The van der Waals surface area contributed by atoms with Gasteiger partial charge in [-0.25, -0.2) is 4.79 Å². The van der Waals surface area contributed by atoms with E-state index < -0.39 is 22.2 Å². The first-order chi connectivity index (χ1) is 23.2. The number of carbonyl (C=O) groups is 3. The van der Waals surface area contributed by atoms with Gasteiger partial charge in [-0.15, -0.1) is 0 Å². The standard InChI is InChI=1S/C35H45N5O8/c1-4-28-31(33(42)46-2)30(25-11-13-27(14-12-25)40(44)45)32(29(37-28)23-48-22-17-36)39(24-41)19-8-18-38-20-15-35(16-21-38,34(43)47-3)26-9-6-5-7-10-26/h5-7,9-14,24,30,37H,4,8,15-23,36H2,1-3H3. The molecule has 1 atom stereocenters. The zero-order chi connectivity index (χ0) is 34.7. The fourth-order valence-electron chi connectivity index (χ4n) is 6.66. The number of carbonyl (C=O) groups excluding carboxylic acids is 3. The van der Waals surface area contributed by atoms with Crippen molar-refractivity contribution in [1.82, 2.24) is 15.1 Å². The number of amides is 1. The number of nitrogens with one attached hydrogen (secondary N) is 1. The van der Waals surface area contributed by atoms with E-state index in [1.54, 1.807) is 17.0 Å². The summed E-state index contributed by atoms with van der Waals surface area (Å²) in [6.07, 6.45) is 2.99. The van der Waals surface area contributed by atoms with Crippen LogP contribution in [0.1, 0.15) is 49.7 Å². The predicted octanol–water partition coefficient (Wildman–Crippen LogP) is 3.36. The topological polar surface area (TPSA) is 167 Å². The lowest BCUT2D eigenvalue weighted by Gasteiger charge is -2.40. The van der Waals surface area contributed by atoms with Crippen LogP contribution >= 0.6 is 0 Å². The van der Waals surface area contributed by atoms with Crippen molar-refractivity contribution in [2.45, 2.75) is 43.9 Å². The summed E-state index contributed by atoms with van der Waals surface area (Å²) in [7, 11) is 2.72. The molecule has 0 bridgehead atoms. The van der Waals surface area contributed by atoms with Gasteiger partial charge in [0.1, 0.15) is 0 Å². The van der Waals surface area contributed by atoms with Crippen molar-refractivity contribution in [3.8, 4) is 0 Å². The van der Waals surface area contributed by atoms with Gasteiger partial charge in [0.05, 0.1) is 60.7 Å². The molecule has 0 saturated carbocycles. The highest BCUT2D eigenvalue weighted by Gasteiger charge is 2.44. The zero-order valence-corrected chi connectivity index (χ0v) is 27.8. The average Bonchev–Trinajstić information content (AvgIpc) is 3.13. The van der Waals surface area contributed by atoms with E-state index in [1.807, 2.05) is 37.3 Å². The van der Waals surface area contributed by atoms with Gasteiger partial charge < -0.3 is 35.1 Å². The van der Waals surface area contributed by atoms with Crippen LogP contribution in [0.15, 0.2) is 77.3 Å². The minimum Gasteiger partial charge on any atom is -0.468 e. The second kappa shape index (κ2) is 17.0. The minimum absolute atomic E-state index is 0.0960. The SMILES string of the molecule is CCC1=C(C(=O)OC)C(c2ccc([N+](=O)[O-])cc2)C(N(C=O)CCCN2CCC(C(=O)OC)(c3ccccc3)CC2)=C(COCCN)N1. The molecule has 1 amide bonds. The van der Waals surface area contributed by atoms with E-state index in [0.717, 1.165) is 12.0 Å². The number of nitro benzene ring substituents is 1. The fourth-order valence-corrected chi connectivity index (χ4v) is 6.66. The van der Waals surface area contributed by atoms with Crippen molar-refractivity contribution >= 4 is 24.0 Å². The number of benzene rings is 2. The number of dihydropyridines is 1. The number of hydrogen-bond donors (Lipinski definition) is 2. The summed E-state index contributed by atoms with van der Waals surface area (Å²) >= 11 is 0. The number of nitrogens with two attached hydrogens (primary N) is 1. The maximum Gasteiger partial charge on any atom is 0.336 e. The molecule has 0 aliphatic carbocycles. The van der Waals surface area contributed by atoms with Crippen molar-refractivity contribution in [3.05, 3.63) is 98.5 Å². The highest BCUT2D eigenvalue weighted by atomic mass is 16.6.